The summed E-state index contributed by atoms with van der Waals surface area (Å²) < 4.78 is 15.3. The smallest absolute Gasteiger partial charge is 0.237 e. The number of aromatic nitrogens is 5. The topological polar surface area (TPSA) is 79.3 Å². The highest BCUT2D eigenvalue weighted by molar-refractivity contribution is 6.31. The monoisotopic (exact) mass is 412 g/mol. The van der Waals surface area contributed by atoms with Crippen LogP contribution >= 0.6 is 11.6 Å². The summed E-state index contributed by atoms with van der Waals surface area (Å²) in [6.45, 7) is 5.76. The van der Waals surface area contributed by atoms with E-state index in [1.54, 1.807) is 7.11 Å². The minimum Gasteiger partial charge on any atom is -0.474 e. The van der Waals surface area contributed by atoms with Crippen molar-refractivity contribution in [3.05, 3.63) is 46.8 Å². The molecule has 2 aromatic heterocycles. The van der Waals surface area contributed by atoms with Crippen LogP contribution in [0.1, 0.15) is 31.1 Å². The zero-order valence-electron chi connectivity index (χ0n) is 16.5. The van der Waals surface area contributed by atoms with Gasteiger partial charge < -0.3 is 14.0 Å². The third-order valence-electron chi connectivity index (χ3n) is 5.38. The summed E-state index contributed by atoms with van der Waals surface area (Å²) in [5.41, 5.74) is 3.55. The van der Waals surface area contributed by atoms with Gasteiger partial charge in [0.1, 0.15) is 25.2 Å². The second-order valence-corrected chi connectivity index (χ2v) is 8.02. The van der Waals surface area contributed by atoms with Gasteiger partial charge in [-0.3, -0.25) is 4.57 Å². The van der Waals surface area contributed by atoms with Crippen molar-refractivity contribution in [1.82, 2.24) is 24.3 Å². The molecular formula is C20H21ClN6O2. The molecule has 29 heavy (non-hydrogen) atoms. The molecule has 0 spiro atoms. The fourth-order valence-electron chi connectivity index (χ4n) is 3.76. The summed E-state index contributed by atoms with van der Waals surface area (Å²) in [4.78, 5) is 9.43. The largest absolute Gasteiger partial charge is 0.474 e. The maximum Gasteiger partial charge on any atom is 0.237 e. The van der Waals surface area contributed by atoms with E-state index < -0.39 is 0 Å². The van der Waals surface area contributed by atoms with E-state index in [0.717, 1.165) is 34.3 Å². The van der Waals surface area contributed by atoms with Crippen LogP contribution in [-0.2, 0) is 22.6 Å². The van der Waals surface area contributed by atoms with E-state index in [1.807, 2.05) is 29.1 Å². The third kappa shape index (κ3) is 2.94. The lowest BCUT2D eigenvalue weighted by molar-refractivity contribution is 0.174. The summed E-state index contributed by atoms with van der Waals surface area (Å²) in [5, 5.41) is 9.39. The predicted octanol–water partition coefficient (Wildman–Crippen LogP) is 3.09. The van der Waals surface area contributed by atoms with Gasteiger partial charge in [-0.25, -0.2) is 9.98 Å². The molecule has 0 saturated heterocycles. The Kier molecular flexibility index (Phi) is 4.40. The minimum atomic E-state index is 0.147. The van der Waals surface area contributed by atoms with Gasteiger partial charge in [0.25, 0.3) is 0 Å². The van der Waals surface area contributed by atoms with Crippen molar-refractivity contribution in [2.45, 2.75) is 33.0 Å². The Morgan fingerprint density at radius 1 is 1.31 bits per heavy atom. The number of ether oxygens (including phenoxy) is 2. The van der Waals surface area contributed by atoms with Gasteiger partial charge in [-0.2, -0.15) is 0 Å². The standard InChI is InChI=1S/C20H21ClN6O2/c1-11(2)14-8-29-20(23-14)18-16-7-26-17(9-28-3)24-25-19(26)13-6-12(21)4-5-15(13)27(16)10-22-18/h4-6,10-11,14H,7-9H2,1-3H3. The van der Waals surface area contributed by atoms with E-state index in [-0.39, 0.29) is 6.04 Å². The molecule has 0 N–H and O–H groups in total. The van der Waals surface area contributed by atoms with Crippen LogP contribution in [-0.4, -0.2) is 50.0 Å². The van der Waals surface area contributed by atoms with Gasteiger partial charge in [0, 0.05) is 17.7 Å². The van der Waals surface area contributed by atoms with Gasteiger partial charge in [-0.1, -0.05) is 25.4 Å². The van der Waals surface area contributed by atoms with E-state index in [0.29, 0.717) is 36.6 Å². The molecule has 0 amide bonds. The lowest BCUT2D eigenvalue weighted by Crippen LogP contribution is -2.13. The summed E-state index contributed by atoms with van der Waals surface area (Å²) in [6, 6.07) is 5.89. The van der Waals surface area contributed by atoms with Gasteiger partial charge in [-0.05, 0) is 24.1 Å². The van der Waals surface area contributed by atoms with Crippen molar-refractivity contribution >= 4 is 17.5 Å². The van der Waals surface area contributed by atoms with Crippen LogP contribution in [0.4, 0.5) is 0 Å². The van der Waals surface area contributed by atoms with E-state index in [1.165, 1.54) is 0 Å². The van der Waals surface area contributed by atoms with Crippen molar-refractivity contribution in [3.8, 4) is 17.1 Å². The Bertz CT molecular complexity index is 1120. The number of halogens is 1. The first-order valence-electron chi connectivity index (χ1n) is 9.55. The Balaban J connectivity index is 1.70. The number of benzene rings is 1. The molecule has 0 fully saturated rings. The first kappa shape index (κ1) is 18.3. The van der Waals surface area contributed by atoms with Crippen LogP contribution in [0.25, 0.3) is 17.1 Å². The Hall–Kier alpha value is -2.71. The zero-order chi connectivity index (χ0) is 20.1. The van der Waals surface area contributed by atoms with Crippen LogP contribution in [0.5, 0.6) is 0 Å². The Morgan fingerprint density at radius 3 is 2.93 bits per heavy atom. The average molecular weight is 413 g/mol. The summed E-state index contributed by atoms with van der Waals surface area (Å²) in [7, 11) is 1.64. The van der Waals surface area contributed by atoms with Crippen molar-refractivity contribution in [1.29, 1.82) is 0 Å². The molecule has 1 unspecified atom stereocenters. The molecule has 3 aromatic rings. The number of aliphatic imine (C=N–C) groups is 1. The van der Waals surface area contributed by atoms with Gasteiger partial charge in [0.15, 0.2) is 11.6 Å². The lowest BCUT2D eigenvalue weighted by atomic mass is 10.1. The Labute approximate surface area is 173 Å². The third-order valence-corrected chi connectivity index (χ3v) is 5.62. The number of methoxy groups -OCH3 is 1. The van der Waals surface area contributed by atoms with Crippen LogP contribution in [0.3, 0.4) is 0 Å². The number of hydrogen-bond donors (Lipinski definition) is 0. The average Bonchev–Trinajstić information content (AvgIpc) is 3.40. The zero-order valence-corrected chi connectivity index (χ0v) is 17.2. The van der Waals surface area contributed by atoms with Crippen molar-refractivity contribution in [2.24, 2.45) is 10.9 Å². The van der Waals surface area contributed by atoms with E-state index in [9.17, 15) is 0 Å². The number of fused-ring (bicyclic) bond motifs is 5. The first-order chi connectivity index (χ1) is 14.1. The van der Waals surface area contributed by atoms with Crippen LogP contribution in [0.2, 0.25) is 5.02 Å². The molecule has 0 aliphatic carbocycles. The molecule has 4 heterocycles. The fourth-order valence-corrected chi connectivity index (χ4v) is 3.93. The van der Waals surface area contributed by atoms with Crippen molar-refractivity contribution < 1.29 is 9.47 Å². The minimum absolute atomic E-state index is 0.147. The fraction of sp³-hybridized carbons (Fsp3) is 0.400. The van der Waals surface area contributed by atoms with Crippen LogP contribution < -0.4 is 0 Å². The molecule has 2 aliphatic rings. The van der Waals surface area contributed by atoms with Gasteiger partial charge in [-0.15, -0.1) is 10.2 Å². The SMILES string of the molecule is COCc1nnc2n1Cc1c(C3=NC(C(C)C)CO3)ncn1-c1ccc(Cl)cc1-2. The number of imidazole rings is 1. The lowest BCUT2D eigenvalue weighted by Gasteiger charge is -2.09. The summed E-state index contributed by atoms with van der Waals surface area (Å²) in [5.74, 6) is 2.49. The molecule has 0 radical (unpaired) electrons. The molecule has 0 bridgehead atoms. The van der Waals surface area contributed by atoms with Crippen molar-refractivity contribution in [2.75, 3.05) is 13.7 Å². The van der Waals surface area contributed by atoms with Gasteiger partial charge >= 0.3 is 0 Å². The second-order valence-electron chi connectivity index (χ2n) is 7.59. The van der Waals surface area contributed by atoms with Gasteiger partial charge in [0.05, 0.1) is 24.0 Å². The molecule has 9 heteroatoms. The molecule has 8 nitrogen and oxygen atoms in total. The molecule has 0 saturated carbocycles. The van der Waals surface area contributed by atoms with E-state index in [4.69, 9.17) is 26.1 Å². The van der Waals surface area contributed by atoms with Crippen LogP contribution in [0.15, 0.2) is 29.5 Å². The molecular weight excluding hydrogens is 392 g/mol. The quantitative estimate of drug-likeness (QED) is 0.514. The summed E-state index contributed by atoms with van der Waals surface area (Å²) in [6.07, 6.45) is 1.81. The Morgan fingerprint density at radius 2 is 2.17 bits per heavy atom. The molecule has 2 aliphatic heterocycles. The number of nitrogens with zero attached hydrogens (tertiary/aromatic N) is 6. The predicted molar refractivity (Wildman–Crippen MR) is 109 cm³/mol. The molecule has 150 valence electrons. The second kappa shape index (κ2) is 6.96. The molecule has 1 aromatic carbocycles. The first-order valence-corrected chi connectivity index (χ1v) is 9.93. The van der Waals surface area contributed by atoms with E-state index in [2.05, 4.69) is 33.6 Å². The highest BCUT2D eigenvalue weighted by atomic mass is 35.5. The van der Waals surface area contributed by atoms with E-state index >= 15 is 0 Å². The maximum atomic E-state index is 6.30. The van der Waals surface area contributed by atoms with Crippen molar-refractivity contribution in [3.63, 3.8) is 0 Å². The van der Waals surface area contributed by atoms with Crippen LogP contribution in [0, 0.1) is 5.92 Å². The molecule has 5 rings (SSSR count). The maximum absolute atomic E-state index is 6.30. The normalized spacial score (nSPS) is 17.4. The molecule has 1 atom stereocenters. The number of rotatable bonds is 4. The number of hydrogen-bond acceptors (Lipinski definition) is 6. The van der Waals surface area contributed by atoms with Gasteiger partial charge in [0.2, 0.25) is 5.90 Å². The highest BCUT2D eigenvalue weighted by Gasteiger charge is 2.31. The highest BCUT2D eigenvalue weighted by Crippen LogP contribution is 2.34. The summed E-state index contributed by atoms with van der Waals surface area (Å²) >= 11 is 6.30.